The number of piperazine rings is 1. The van der Waals surface area contributed by atoms with E-state index in [1.807, 2.05) is 42.1 Å². The number of imidazole rings is 1. The van der Waals surface area contributed by atoms with Crippen LogP contribution in [0.25, 0.3) is 21.9 Å². The molecule has 294 valence electrons. The molecule has 1 aliphatic carbocycles. The number of para-hydroxylation sites is 1. The Labute approximate surface area is 320 Å². The van der Waals surface area contributed by atoms with Gasteiger partial charge >= 0.3 is 11.9 Å². The molecule has 2 saturated heterocycles. The number of aromatic nitrogens is 5. The molecule has 0 radical (unpaired) electrons. The van der Waals surface area contributed by atoms with E-state index in [0.717, 1.165) is 85.6 Å². The molecule has 3 aliphatic rings. The van der Waals surface area contributed by atoms with Crippen molar-refractivity contribution in [1.29, 1.82) is 0 Å². The maximum Gasteiger partial charge on any atom is 0.433 e. The molecule has 16 heteroatoms. The number of aryl methyl sites for hydroxylation is 2. The van der Waals surface area contributed by atoms with Crippen LogP contribution in [0.1, 0.15) is 79.3 Å². The lowest BCUT2D eigenvalue weighted by molar-refractivity contribution is -0.141. The average Bonchev–Trinajstić information content (AvgIpc) is 3.69. The van der Waals surface area contributed by atoms with Crippen LogP contribution in [0.2, 0.25) is 0 Å². The summed E-state index contributed by atoms with van der Waals surface area (Å²) in [4.78, 5) is 59.2. The highest BCUT2D eigenvalue weighted by Crippen LogP contribution is 2.36. The summed E-state index contributed by atoms with van der Waals surface area (Å²) in [6.45, 7) is 7.55. The van der Waals surface area contributed by atoms with Crippen molar-refractivity contribution in [2.24, 2.45) is 13.0 Å². The molecule has 2 N–H and O–H groups in total. The number of piperidine rings is 1. The topological polar surface area (TPSA) is 139 Å². The van der Waals surface area contributed by atoms with Crippen LogP contribution in [-0.2, 0) is 22.8 Å². The van der Waals surface area contributed by atoms with E-state index in [4.69, 9.17) is 5.10 Å². The van der Waals surface area contributed by atoms with Crippen molar-refractivity contribution in [3.8, 4) is 0 Å². The Hall–Kier alpha value is -5.51. The lowest BCUT2D eigenvalue weighted by atomic mass is 9.85. The first-order valence-corrected chi connectivity index (χ1v) is 19.1. The molecule has 13 nitrogen and oxygen atoms in total. The molecule has 2 atom stereocenters. The van der Waals surface area contributed by atoms with Crippen LogP contribution < -0.4 is 21.2 Å². The number of halogens is 3. The fraction of sp³-hybridized carbons (Fsp3) is 0.450. The molecule has 2 aromatic carbocycles. The highest BCUT2D eigenvalue weighted by Gasteiger charge is 2.35. The molecule has 0 bridgehead atoms. The van der Waals surface area contributed by atoms with Gasteiger partial charge in [0.2, 0.25) is 11.8 Å². The number of hydrogen-bond acceptors (Lipinski definition) is 8. The third kappa shape index (κ3) is 7.06. The number of imide groups is 1. The number of anilines is 2. The van der Waals surface area contributed by atoms with Crippen LogP contribution >= 0.6 is 0 Å². The van der Waals surface area contributed by atoms with Gasteiger partial charge in [-0.15, -0.1) is 0 Å². The number of rotatable bonds is 7. The van der Waals surface area contributed by atoms with Gasteiger partial charge in [-0.1, -0.05) is 12.1 Å². The number of benzene rings is 2. The average molecular weight is 772 g/mol. The minimum atomic E-state index is -4.65. The molecule has 5 heterocycles. The Morgan fingerprint density at radius 2 is 1.77 bits per heavy atom. The van der Waals surface area contributed by atoms with Crippen LogP contribution in [0.15, 0.2) is 59.5 Å². The molecule has 3 aromatic heterocycles. The molecule has 3 fully saturated rings. The summed E-state index contributed by atoms with van der Waals surface area (Å²) in [6.07, 6.45) is 1.91. The van der Waals surface area contributed by atoms with E-state index in [2.05, 4.69) is 32.3 Å². The first-order valence-electron chi connectivity index (χ1n) is 19.1. The number of carbonyl (C=O) groups excluding carboxylic acids is 3. The Bertz CT molecular complexity index is 2410. The summed E-state index contributed by atoms with van der Waals surface area (Å²) in [5, 5.41) is 10.8. The third-order valence-corrected chi connectivity index (χ3v) is 11.8. The van der Waals surface area contributed by atoms with E-state index < -0.39 is 29.7 Å². The van der Waals surface area contributed by atoms with Gasteiger partial charge < -0.3 is 10.2 Å². The molecule has 3 amide bonds. The number of nitrogens with zero attached hydrogens (tertiary/aromatic N) is 7. The van der Waals surface area contributed by atoms with Gasteiger partial charge in [0.15, 0.2) is 0 Å². The fourth-order valence-electron chi connectivity index (χ4n) is 8.73. The van der Waals surface area contributed by atoms with Gasteiger partial charge in [-0.2, -0.15) is 18.3 Å². The number of fused-ring (bicyclic) bond motifs is 2. The number of alkyl halides is 3. The lowest BCUT2D eigenvalue weighted by Crippen LogP contribution is -2.53. The van der Waals surface area contributed by atoms with Gasteiger partial charge in [0, 0.05) is 63.0 Å². The van der Waals surface area contributed by atoms with Crippen molar-refractivity contribution in [2.45, 2.75) is 76.7 Å². The van der Waals surface area contributed by atoms with Crippen LogP contribution in [-0.4, -0.2) is 78.7 Å². The van der Waals surface area contributed by atoms with Gasteiger partial charge in [0.05, 0.1) is 28.3 Å². The number of hydrogen-bond donors (Lipinski definition) is 2. The summed E-state index contributed by atoms with van der Waals surface area (Å²) < 4.78 is 44.6. The van der Waals surface area contributed by atoms with Gasteiger partial charge in [0.25, 0.3) is 5.91 Å². The highest BCUT2D eigenvalue weighted by molar-refractivity contribution is 6.04. The second-order valence-corrected chi connectivity index (χ2v) is 15.5. The molecular weight excluding hydrogens is 727 g/mol. The Kier molecular flexibility index (Phi) is 9.71. The molecule has 1 saturated carbocycles. The zero-order chi connectivity index (χ0) is 39.5. The molecule has 0 spiro atoms. The van der Waals surface area contributed by atoms with E-state index in [1.54, 1.807) is 17.7 Å². The first kappa shape index (κ1) is 37.4. The number of pyridine rings is 1. The van der Waals surface area contributed by atoms with E-state index >= 15 is 0 Å². The quantitative estimate of drug-likeness (QED) is 0.205. The van der Waals surface area contributed by atoms with E-state index in [9.17, 15) is 32.3 Å². The van der Waals surface area contributed by atoms with Crippen molar-refractivity contribution >= 4 is 51.0 Å². The van der Waals surface area contributed by atoms with Gasteiger partial charge in [0.1, 0.15) is 17.4 Å². The van der Waals surface area contributed by atoms with Crippen molar-refractivity contribution < 1.29 is 27.6 Å². The van der Waals surface area contributed by atoms with Crippen LogP contribution in [0, 0.1) is 12.8 Å². The summed E-state index contributed by atoms with van der Waals surface area (Å²) in [6, 6.07) is 12.6. The number of amides is 3. The summed E-state index contributed by atoms with van der Waals surface area (Å²) in [5.41, 5.74) is 2.76. The Morgan fingerprint density at radius 1 is 1.00 bits per heavy atom. The first-order chi connectivity index (χ1) is 26.7. The van der Waals surface area contributed by atoms with E-state index in [-0.39, 0.29) is 35.8 Å². The normalized spacial score (nSPS) is 22.5. The zero-order valence-electron chi connectivity index (χ0n) is 31.5. The minimum absolute atomic E-state index is 0.195. The van der Waals surface area contributed by atoms with Crippen LogP contribution in [0.5, 0.6) is 0 Å². The van der Waals surface area contributed by atoms with Crippen LogP contribution in [0.3, 0.4) is 0 Å². The maximum atomic E-state index is 13.5. The van der Waals surface area contributed by atoms with Gasteiger partial charge in [-0.05, 0) is 93.8 Å². The summed E-state index contributed by atoms with van der Waals surface area (Å²) in [7, 11) is 1.74. The predicted molar refractivity (Wildman–Crippen MR) is 205 cm³/mol. The van der Waals surface area contributed by atoms with Crippen LogP contribution in [0.4, 0.5) is 24.5 Å². The molecule has 2 aliphatic heterocycles. The molecule has 5 aromatic rings. The monoisotopic (exact) mass is 771 g/mol. The minimum Gasteiger partial charge on any atom is -0.367 e. The Morgan fingerprint density at radius 3 is 2.50 bits per heavy atom. The zero-order valence-corrected chi connectivity index (χ0v) is 31.5. The predicted octanol–water partition coefficient (Wildman–Crippen LogP) is 5.58. The van der Waals surface area contributed by atoms with Crippen molar-refractivity contribution in [1.82, 2.24) is 34.1 Å². The smallest absolute Gasteiger partial charge is 0.367 e. The highest BCUT2D eigenvalue weighted by atomic mass is 19.4. The maximum absolute atomic E-state index is 13.5. The second-order valence-electron chi connectivity index (χ2n) is 15.5. The van der Waals surface area contributed by atoms with Gasteiger partial charge in [-0.25, -0.2) is 9.78 Å². The van der Waals surface area contributed by atoms with E-state index in [0.29, 0.717) is 23.5 Å². The molecular formula is C40H44F3N9O4. The standard InChI is InChI=1S/C40H44F3N9O4/c1-23-18-30-26(19-29(23)45-37(54)28-6-4-9-34(44-28)40(41,42)43)22-51(47-30)27-12-10-25(11-13-27)21-49-16-17-50(20-24(49)2)31-7-5-8-32-36(31)48(3)39(56)52(32)33-14-15-35(53)46-38(33)55/h4-9,18-19,22,24-25,27,33H,10-17,20-21H2,1-3H3,(H,45,54)(H,46,53,55)/t24-,25-,27-,33?/m0/s1. The second kappa shape index (κ2) is 14.5. The molecule has 8 rings (SSSR count). The summed E-state index contributed by atoms with van der Waals surface area (Å²) >= 11 is 0. The molecule has 1 unspecified atom stereocenters. The van der Waals surface area contributed by atoms with Gasteiger partial charge in [-0.3, -0.25) is 38.4 Å². The SMILES string of the molecule is Cc1cc2nn([C@H]3CC[C@H](CN4CCN(c5cccc6c5n(C)c(=O)n6C5CCC(=O)NC5=O)C[C@@H]4C)CC3)cc2cc1NC(=O)c1cccc(C(F)(F)F)n1. The van der Waals surface area contributed by atoms with E-state index in [1.165, 1.54) is 16.7 Å². The third-order valence-electron chi connectivity index (χ3n) is 11.8. The fourth-order valence-corrected chi connectivity index (χ4v) is 8.73. The largest absolute Gasteiger partial charge is 0.433 e. The van der Waals surface area contributed by atoms with Crippen molar-refractivity contribution in [2.75, 3.05) is 36.4 Å². The molecule has 56 heavy (non-hydrogen) atoms. The Balaban J connectivity index is 0.885. The number of nitrogens with one attached hydrogen (secondary N) is 2. The van der Waals surface area contributed by atoms with Crippen molar-refractivity contribution in [3.05, 3.63) is 82.2 Å². The number of carbonyl (C=O) groups is 3. The lowest BCUT2D eigenvalue weighted by Gasteiger charge is -2.43. The van der Waals surface area contributed by atoms with Crippen molar-refractivity contribution in [3.63, 3.8) is 0 Å². The summed E-state index contributed by atoms with van der Waals surface area (Å²) in [5.74, 6) is -0.928.